The summed E-state index contributed by atoms with van der Waals surface area (Å²) in [7, 11) is 1.67. The fraction of sp³-hybridized carbons (Fsp3) is 0.923. The summed E-state index contributed by atoms with van der Waals surface area (Å²) in [5.41, 5.74) is 0. The van der Waals surface area contributed by atoms with Gasteiger partial charge in [0.1, 0.15) is 0 Å². The predicted molar refractivity (Wildman–Crippen MR) is 71.0 cm³/mol. The summed E-state index contributed by atoms with van der Waals surface area (Å²) < 4.78 is 4.93. The van der Waals surface area contributed by atoms with E-state index in [0.29, 0.717) is 25.1 Å². The minimum atomic E-state index is -0.133. The molecule has 0 radical (unpaired) electrons. The molecule has 1 amide bonds. The Balaban J connectivity index is 3.73. The van der Waals surface area contributed by atoms with Gasteiger partial charge in [0.05, 0.1) is 6.04 Å². The molecule has 0 saturated heterocycles. The maximum absolute atomic E-state index is 11.7. The van der Waals surface area contributed by atoms with E-state index in [4.69, 9.17) is 4.74 Å². The maximum atomic E-state index is 11.7. The summed E-state index contributed by atoms with van der Waals surface area (Å²) in [5, 5.41) is 6.20. The van der Waals surface area contributed by atoms with Crippen LogP contribution >= 0.6 is 0 Å². The third kappa shape index (κ3) is 9.12. The second-order valence-electron chi connectivity index (χ2n) is 5.06. The molecule has 0 aromatic heterocycles. The summed E-state index contributed by atoms with van der Waals surface area (Å²) in [4.78, 5) is 11.7. The van der Waals surface area contributed by atoms with Gasteiger partial charge in [-0.1, -0.05) is 13.8 Å². The third-order valence-corrected chi connectivity index (χ3v) is 2.58. The molecule has 102 valence electrons. The lowest BCUT2D eigenvalue weighted by Gasteiger charge is -2.21. The van der Waals surface area contributed by atoms with E-state index in [2.05, 4.69) is 31.4 Å². The zero-order valence-corrected chi connectivity index (χ0v) is 11.9. The van der Waals surface area contributed by atoms with Crippen LogP contribution in [0, 0.1) is 5.92 Å². The van der Waals surface area contributed by atoms with Gasteiger partial charge in [-0.3, -0.25) is 4.79 Å². The molecule has 0 rings (SSSR count). The highest BCUT2D eigenvalue weighted by Gasteiger charge is 2.15. The Kier molecular flexibility index (Phi) is 9.09. The molecule has 0 aliphatic rings. The van der Waals surface area contributed by atoms with E-state index in [0.717, 1.165) is 12.8 Å². The number of ether oxygens (including phenoxy) is 1. The van der Waals surface area contributed by atoms with Crippen molar-refractivity contribution in [1.29, 1.82) is 0 Å². The second-order valence-corrected chi connectivity index (χ2v) is 5.06. The Morgan fingerprint density at radius 2 is 1.88 bits per heavy atom. The molecule has 0 spiro atoms. The average molecular weight is 244 g/mol. The van der Waals surface area contributed by atoms with Gasteiger partial charge in [-0.15, -0.1) is 0 Å². The van der Waals surface area contributed by atoms with Crippen molar-refractivity contribution < 1.29 is 9.53 Å². The zero-order valence-electron chi connectivity index (χ0n) is 11.9. The molecule has 4 heteroatoms. The quantitative estimate of drug-likeness (QED) is 0.605. The van der Waals surface area contributed by atoms with Gasteiger partial charge in [0.2, 0.25) is 5.91 Å². The molecule has 4 nitrogen and oxygen atoms in total. The van der Waals surface area contributed by atoms with Gasteiger partial charge in [-0.25, -0.2) is 0 Å². The lowest BCUT2D eigenvalue weighted by Crippen LogP contribution is -2.46. The molecule has 0 fully saturated rings. The minimum Gasteiger partial charge on any atom is -0.385 e. The van der Waals surface area contributed by atoms with Crippen LogP contribution in [0.25, 0.3) is 0 Å². The van der Waals surface area contributed by atoms with Crippen molar-refractivity contribution in [2.45, 2.75) is 52.6 Å². The first-order valence-corrected chi connectivity index (χ1v) is 6.50. The molecule has 0 saturated carbocycles. The Bertz CT molecular complexity index is 208. The molecular weight excluding hydrogens is 216 g/mol. The first kappa shape index (κ1) is 16.4. The zero-order chi connectivity index (χ0) is 13.3. The third-order valence-electron chi connectivity index (χ3n) is 2.58. The highest BCUT2D eigenvalue weighted by atomic mass is 16.5. The summed E-state index contributed by atoms with van der Waals surface area (Å²) in [6.45, 7) is 9.77. The lowest BCUT2D eigenvalue weighted by molar-refractivity contribution is -0.123. The standard InChI is InChI=1S/C13H28N2O2/c1-10(2)9-11(3)15-12(4)13(16)14-7-6-8-17-5/h10-12,15H,6-9H2,1-5H3,(H,14,16). The molecule has 0 aliphatic carbocycles. The highest BCUT2D eigenvalue weighted by molar-refractivity contribution is 5.81. The minimum absolute atomic E-state index is 0.0664. The Labute approximate surface area is 105 Å². The number of hydrogen-bond acceptors (Lipinski definition) is 3. The van der Waals surface area contributed by atoms with Crippen molar-refractivity contribution in [2.75, 3.05) is 20.3 Å². The van der Waals surface area contributed by atoms with Crippen LogP contribution in [0.4, 0.5) is 0 Å². The summed E-state index contributed by atoms with van der Waals surface area (Å²) in [5.74, 6) is 0.714. The maximum Gasteiger partial charge on any atom is 0.236 e. The average Bonchev–Trinajstić information content (AvgIpc) is 2.22. The number of amides is 1. The molecule has 0 aromatic carbocycles. The van der Waals surface area contributed by atoms with E-state index in [1.165, 1.54) is 0 Å². The van der Waals surface area contributed by atoms with E-state index in [-0.39, 0.29) is 11.9 Å². The predicted octanol–water partition coefficient (Wildman–Crippen LogP) is 1.55. The molecule has 17 heavy (non-hydrogen) atoms. The number of carbonyl (C=O) groups excluding carboxylic acids is 1. The molecule has 0 heterocycles. The first-order valence-electron chi connectivity index (χ1n) is 6.50. The van der Waals surface area contributed by atoms with Gasteiger partial charge in [0, 0.05) is 26.3 Å². The molecule has 0 aromatic rings. The van der Waals surface area contributed by atoms with E-state index in [1.807, 2.05) is 6.92 Å². The van der Waals surface area contributed by atoms with Crippen molar-refractivity contribution in [1.82, 2.24) is 10.6 Å². The van der Waals surface area contributed by atoms with Gasteiger partial charge in [0.15, 0.2) is 0 Å². The van der Waals surface area contributed by atoms with Crippen LogP contribution in [0.15, 0.2) is 0 Å². The van der Waals surface area contributed by atoms with Crippen molar-refractivity contribution in [3.63, 3.8) is 0 Å². The highest BCUT2D eigenvalue weighted by Crippen LogP contribution is 2.04. The van der Waals surface area contributed by atoms with Crippen molar-refractivity contribution in [3.05, 3.63) is 0 Å². The number of rotatable bonds is 9. The molecule has 2 N–H and O–H groups in total. The number of carbonyl (C=O) groups is 1. The van der Waals surface area contributed by atoms with Crippen LogP contribution in [0.5, 0.6) is 0 Å². The Hall–Kier alpha value is -0.610. The Morgan fingerprint density at radius 3 is 2.41 bits per heavy atom. The fourth-order valence-electron chi connectivity index (χ4n) is 1.86. The lowest BCUT2D eigenvalue weighted by atomic mass is 10.0. The summed E-state index contributed by atoms with van der Waals surface area (Å²) in [6, 6.07) is 0.237. The molecule has 2 unspecified atom stereocenters. The summed E-state index contributed by atoms with van der Waals surface area (Å²) >= 11 is 0. The smallest absolute Gasteiger partial charge is 0.236 e. The first-order chi connectivity index (χ1) is 7.97. The van der Waals surface area contributed by atoms with E-state index < -0.39 is 0 Å². The largest absolute Gasteiger partial charge is 0.385 e. The fourth-order valence-corrected chi connectivity index (χ4v) is 1.86. The van der Waals surface area contributed by atoms with Crippen molar-refractivity contribution >= 4 is 5.91 Å². The van der Waals surface area contributed by atoms with Crippen LogP contribution in [0.1, 0.15) is 40.5 Å². The van der Waals surface area contributed by atoms with Gasteiger partial charge in [-0.2, -0.15) is 0 Å². The Morgan fingerprint density at radius 1 is 1.24 bits per heavy atom. The normalized spacial score (nSPS) is 14.7. The van der Waals surface area contributed by atoms with Crippen LogP contribution in [0.3, 0.4) is 0 Å². The van der Waals surface area contributed by atoms with Gasteiger partial charge in [0.25, 0.3) is 0 Å². The van der Waals surface area contributed by atoms with Gasteiger partial charge >= 0.3 is 0 Å². The van der Waals surface area contributed by atoms with Crippen LogP contribution < -0.4 is 10.6 Å². The van der Waals surface area contributed by atoms with Crippen LogP contribution in [0.2, 0.25) is 0 Å². The molecule has 2 atom stereocenters. The van der Waals surface area contributed by atoms with E-state index in [1.54, 1.807) is 7.11 Å². The summed E-state index contributed by atoms with van der Waals surface area (Å²) in [6.07, 6.45) is 1.94. The number of methoxy groups -OCH3 is 1. The molecular formula is C13H28N2O2. The second kappa shape index (κ2) is 9.42. The SMILES string of the molecule is COCCCNC(=O)C(C)NC(C)CC(C)C. The monoisotopic (exact) mass is 244 g/mol. The van der Waals surface area contributed by atoms with Gasteiger partial charge < -0.3 is 15.4 Å². The number of nitrogens with one attached hydrogen (secondary N) is 2. The number of hydrogen-bond donors (Lipinski definition) is 2. The van der Waals surface area contributed by atoms with E-state index >= 15 is 0 Å². The van der Waals surface area contributed by atoms with Gasteiger partial charge in [-0.05, 0) is 32.6 Å². The van der Waals surface area contributed by atoms with Crippen molar-refractivity contribution in [3.8, 4) is 0 Å². The van der Waals surface area contributed by atoms with Crippen LogP contribution in [-0.2, 0) is 9.53 Å². The topological polar surface area (TPSA) is 50.4 Å². The molecule has 0 bridgehead atoms. The van der Waals surface area contributed by atoms with E-state index in [9.17, 15) is 4.79 Å². The molecule has 0 aliphatic heterocycles. The van der Waals surface area contributed by atoms with Crippen LogP contribution in [-0.4, -0.2) is 38.3 Å². The van der Waals surface area contributed by atoms with Crippen molar-refractivity contribution in [2.24, 2.45) is 5.92 Å².